The lowest BCUT2D eigenvalue weighted by Crippen LogP contribution is -2.31. The molecule has 2 N–H and O–H groups in total. The molecule has 0 spiro atoms. The largest absolute Gasteiger partial charge is 0.378 e. The Bertz CT molecular complexity index is 183. The summed E-state index contributed by atoms with van der Waals surface area (Å²) in [5.41, 5.74) is 5.92. The smallest absolute Gasteiger partial charge is 0.0624 e. The van der Waals surface area contributed by atoms with E-state index in [1.54, 1.807) is 0 Å². The second kappa shape index (κ2) is 6.58. The fraction of sp³-hybridized carbons (Fsp3) is 1.00. The molecule has 2 atom stereocenters. The van der Waals surface area contributed by atoms with Crippen LogP contribution in [0.3, 0.4) is 0 Å². The van der Waals surface area contributed by atoms with E-state index in [2.05, 4.69) is 20.8 Å². The number of hydrogen-bond acceptors (Lipinski definition) is 3. The van der Waals surface area contributed by atoms with Gasteiger partial charge in [0.25, 0.3) is 0 Å². The van der Waals surface area contributed by atoms with Gasteiger partial charge in [0.2, 0.25) is 0 Å². The molecule has 3 nitrogen and oxygen atoms in total. The monoisotopic (exact) mass is 229 g/mol. The van der Waals surface area contributed by atoms with Crippen molar-refractivity contribution < 1.29 is 9.47 Å². The molecule has 96 valence electrons. The first-order valence-corrected chi connectivity index (χ1v) is 6.48. The Morgan fingerprint density at radius 1 is 1.44 bits per heavy atom. The summed E-state index contributed by atoms with van der Waals surface area (Å²) in [7, 11) is 0. The summed E-state index contributed by atoms with van der Waals surface area (Å²) >= 11 is 0. The highest BCUT2D eigenvalue weighted by molar-refractivity contribution is 4.69. The van der Waals surface area contributed by atoms with Gasteiger partial charge in [0.05, 0.1) is 18.3 Å². The first-order chi connectivity index (χ1) is 7.47. The van der Waals surface area contributed by atoms with Crippen molar-refractivity contribution in [3.8, 4) is 0 Å². The zero-order valence-electron chi connectivity index (χ0n) is 11.0. The molecule has 0 saturated carbocycles. The van der Waals surface area contributed by atoms with Crippen molar-refractivity contribution in [1.29, 1.82) is 0 Å². The maximum atomic E-state index is 6.00. The van der Waals surface area contributed by atoms with E-state index in [0.29, 0.717) is 12.7 Å². The van der Waals surface area contributed by atoms with E-state index in [4.69, 9.17) is 15.2 Å². The zero-order valence-corrected chi connectivity index (χ0v) is 11.0. The second-order valence-corrected chi connectivity index (χ2v) is 5.75. The van der Waals surface area contributed by atoms with Gasteiger partial charge < -0.3 is 15.2 Å². The molecular formula is C13H27NO2. The van der Waals surface area contributed by atoms with Crippen LogP contribution in [-0.4, -0.2) is 31.0 Å². The van der Waals surface area contributed by atoms with Crippen LogP contribution in [0.5, 0.6) is 0 Å². The molecule has 0 aromatic heterocycles. The maximum absolute atomic E-state index is 6.00. The Kier molecular flexibility index (Phi) is 5.73. The normalized spacial score (nSPS) is 23.6. The van der Waals surface area contributed by atoms with Crippen molar-refractivity contribution in [2.24, 2.45) is 5.73 Å². The average molecular weight is 229 g/mol. The molecule has 0 radical (unpaired) electrons. The van der Waals surface area contributed by atoms with Crippen LogP contribution in [0.1, 0.15) is 52.9 Å². The van der Waals surface area contributed by atoms with E-state index in [-0.39, 0.29) is 11.6 Å². The van der Waals surface area contributed by atoms with Crippen LogP contribution in [0, 0.1) is 0 Å². The van der Waals surface area contributed by atoms with Crippen molar-refractivity contribution in [1.82, 2.24) is 0 Å². The van der Waals surface area contributed by atoms with Gasteiger partial charge in [0, 0.05) is 12.6 Å². The van der Waals surface area contributed by atoms with E-state index in [9.17, 15) is 0 Å². The lowest BCUT2D eigenvalue weighted by Gasteiger charge is -2.22. The fourth-order valence-corrected chi connectivity index (χ4v) is 1.92. The summed E-state index contributed by atoms with van der Waals surface area (Å²) in [6, 6.07) is 0.167. The lowest BCUT2D eigenvalue weighted by atomic mass is 10.1. The van der Waals surface area contributed by atoms with Gasteiger partial charge in [-0.25, -0.2) is 0 Å². The van der Waals surface area contributed by atoms with Gasteiger partial charge >= 0.3 is 0 Å². The fourth-order valence-electron chi connectivity index (χ4n) is 1.92. The SMILES string of the molecule is CC(C)(C)OCC(N)CCCC1CCCO1. The predicted octanol–water partition coefficient (Wildman–Crippen LogP) is 2.48. The molecule has 16 heavy (non-hydrogen) atoms. The van der Waals surface area contributed by atoms with E-state index in [0.717, 1.165) is 25.9 Å². The third kappa shape index (κ3) is 6.46. The van der Waals surface area contributed by atoms with Crippen molar-refractivity contribution in [2.75, 3.05) is 13.2 Å². The Morgan fingerprint density at radius 2 is 2.19 bits per heavy atom. The second-order valence-electron chi connectivity index (χ2n) is 5.75. The molecule has 1 aliphatic heterocycles. The first kappa shape index (κ1) is 13.9. The van der Waals surface area contributed by atoms with Crippen molar-refractivity contribution in [2.45, 2.75) is 70.6 Å². The van der Waals surface area contributed by atoms with Gasteiger partial charge in [0.1, 0.15) is 0 Å². The van der Waals surface area contributed by atoms with Crippen molar-refractivity contribution in [3.63, 3.8) is 0 Å². The third-order valence-electron chi connectivity index (χ3n) is 2.86. The number of nitrogens with two attached hydrogens (primary N) is 1. The summed E-state index contributed by atoms with van der Waals surface area (Å²) in [6.45, 7) is 7.79. The van der Waals surface area contributed by atoms with Gasteiger partial charge in [0.15, 0.2) is 0 Å². The number of rotatable bonds is 6. The minimum absolute atomic E-state index is 0.0772. The van der Waals surface area contributed by atoms with Crippen LogP contribution in [-0.2, 0) is 9.47 Å². The molecular weight excluding hydrogens is 202 g/mol. The van der Waals surface area contributed by atoms with Crippen molar-refractivity contribution >= 4 is 0 Å². The van der Waals surface area contributed by atoms with Gasteiger partial charge in [-0.15, -0.1) is 0 Å². The molecule has 3 heteroatoms. The molecule has 0 aliphatic carbocycles. The highest BCUT2D eigenvalue weighted by atomic mass is 16.5. The standard InChI is InChI=1S/C13H27NO2/c1-13(2,3)16-10-11(14)6-4-7-12-8-5-9-15-12/h11-12H,4-10,14H2,1-3H3. The number of hydrogen-bond donors (Lipinski definition) is 1. The summed E-state index contributed by atoms with van der Waals surface area (Å²) in [5, 5.41) is 0. The van der Waals surface area contributed by atoms with Gasteiger partial charge in [-0.05, 0) is 52.9 Å². The minimum atomic E-state index is -0.0772. The van der Waals surface area contributed by atoms with E-state index >= 15 is 0 Å². The van der Waals surface area contributed by atoms with E-state index in [1.807, 2.05) is 0 Å². The first-order valence-electron chi connectivity index (χ1n) is 6.48. The maximum Gasteiger partial charge on any atom is 0.0624 e. The Labute approximate surface area is 99.7 Å². The molecule has 0 bridgehead atoms. The highest BCUT2D eigenvalue weighted by Crippen LogP contribution is 2.18. The van der Waals surface area contributed by atoms with Crippen LogP contribution in [0.2, 0.25) is 0 Å². The molecule has 1 saturated heterocycles. The summed E-state index contributed by atoms with van der Waals surface area (Å²) in [4.78, 5) is 0. The van der Waals surface area contributed by atoms with E-state index < -0.39 is 0 Å². The van der Waals surface area contributed by atoms with Gasteiger partial charge in [-0.1, -0.05) is 0 Å². The molecule has 1 rings (SSSR count). The molecule has 1 aliphatic rings. The number of ether oxygens (including phenoxy) is 2. The molecule has 0 amide bonds. The van der Waals surface area contributed by atoms with Crippen LogP contribution in [0.15, 0.2) is 0 Å². The van der Waals surface area contributed by atoms with Crippen LogP contribution < -0.4 is 5.73 Å². The topological polar surface area (TPSA) is 44.5 Å². The Balaban J connectivity index is 1.99. The van der Waals surface area contributed by atoms with Gasteiger partial charge in [-0.3, -0.25) is 0 Å². The summed E-state index contributed by atoms with van der Waals surface area (Å²) in [6.07, 6.45) is 6.30. The highest BCUT2D eigenvalue weighted by Gasteiger charge is 2.16. The van der Waals surface area contributed by atoms with Crippen LogP contribution >= 0.6 is 0 Å². The Morgan fingerprint density at radius 3 is 2.75 bits per heavy atom. The van der Waals surface area contributed by atoms with Crippen LogP contribution in [0.25, 0.3) is 0 Å². The molecule has 0 aromatic rings. The van der Waals surface area contributed by atoms with Crippen LogP contribution in [0.4, 0.5) is 0 Å². The Hall–Kier alpha value is -0.120. The molecule has 1 heterocycles. The minimum Gasteiger partial charge on any atom is -0.378 e. The van der Waals surface area contributed by atoms with Gasteiger partial charge in [-0.2, -0.15) is 0 Å². The van der Waals surface area contributed by atoms with Crippen molar-refractivity contribution in [3.05, 3.63) is 0 Å². The molecule has 1 fully saturated rings. The summed E-state index contributed by atoms with van der Waals surface area (Å²) in [5.74, 6) is 0. The quantitative estimate of drug-likeness (QED) is 0.761. The average Bonchev–Trinajstić information content (AvgIpc) is 2.66. The molecule has 0 aromatic carbocycles. The zero-order chi connectivity index (χ0) is 12.0. The lowest BCUT2D eigenvalue weighted by molar-refractivity contribution is -0.0114. The summed E-state index contributed by atoms with van der Waals surface area (Å²) < 4.78 is 11.2. The van der Waals surface area contributed by atoms with E-state index in [1.165, 1.54) is 12.8 Å². The third-order valence-corrected chi connectivity index (χ3v) is 2.86. The molecule has 2 unspecified atom stereocenters. The predicted molar refractivity (Wildman–Crippen MR) is 66.5 cm³/mol.